The maximum absolute atomic E-state index is 12.7. The average Bonchev–Trinajstić information content (AvgIpc) is 2.73. The van der Waals surface area contributed by atoms with Crippen LogP contribution in [-0.4, -0.2) is 20.4 Å². The lowest BCUT2D eigenvalue weighted by molar-refractivity contribution is 0.0938. The summed E-state index contributed by atoms with van der Waals surface area (Å²) in [6.45, 7) is 3.84. The van der Waals surface area contributed by atoms with Crippen molar-refractivity contribution in [2.75, 3.05) is 4.72 Å². The monoisotopic (exact) mass is 422 g/mol. The Morgan fingerprint density at radius 2 is 1.67 bits per heavy atom. The number of nitrogens with one attached hydrogen (secondary N) is 2. The lowest BCUT2D eigenvalue weighted by atomic mass is 10.1. The molecule has 0 aliphatic heterocycles. The summed E-state index contributed by atoms with van der Waals surface area (Å²) < 4.78 is 28.0. The number of benzene rings is 3. The SMILES string of the molecule is Cc1cccc(NS(=O)(=O)c2cccc(C(=O)N[C@H](C)CCc3ccccc3)c2)c1. The smallest absolute Gasteiger partial charge is 0.261 e. The van der Waals surface area contributed by atoms with Crippen molar-refractivity contribution in [3.8, 4) is 0 Å². The van der Waals surface area contributed by atoms with Gasteiger partial charge >= 0.3 is 0 Å². The first-order valence-electron chi connectivity index (χ1n) is 9.88. The molecule has 6 heteroatoms. The van der Waals surface area contributed by atoms with Crippen LogP contribution in [0, 0.1) is 6.92 Å². The van der Waals surface area contributed by atoms with Crippen molar-refractivity contribution < 1.29 is 13.2 Å². The molecular weight excluding hydrogens is 396 g/mol. The normalized spacial score (nSPS) is 12.2. The fraction of sp³-hybridized carbons (Fsp3) is 0.208. The number of anilines is 1. The molecule has 3 aromatic carbocycles. The maximum Gasteiger partial charge on any atom is 0.261 e. The van der Waals surface area contributed by atoms with Gasteiger partial charge in [-0.05, 0) is 68.1 Å². The van der Waals surface area contributed by atoms with Crippen LogP contribution in [0.2, 0.25) is 0 Å². The molecule has 0 spiro atoms. The Kier molecular flexibility index (Phi) is 6.90. The molecule has 3 rings (SSSR count). The molecule has 0 aromatic heterocycles. The number of rotatable bonds is 8. The average molecular weight is 423 g/mol. The van der Waals surface area contributed by atoms with Crippen LogP contribution < -0.4 is 10.0 Å². The van der Waals surface area contributed by atoms with Crippen LogP contribution in [0.1, 0.15) is 34.8 Å². The van der Waals surface area contributed by atoms with Crippen molar-refractivity contribution in [1.82, 2.24) is 5.32 Å². The fourth-order valence-electron chi connectivity index (χ4n) is 3.13. The van der Waals surface area contributed by atoms with Crippen LogP contribution in [-0.2, 0) is 16.4 Å². The van der Waals surface area contributed by atoms with Crippen LogP contribution in [0.4, 0.5) is 5.69 Å². The molecule has 0 bridgehead atoms. The summed E-state index contributed by atoms with van der Waals surface area (Å²) in [7, 11) is -3.79. The maximum atomic E-state index is 12.7. The first-order valence-corrected chi connectivity index (χ1v) is 11.4. The van der Waals surface area contributed by atoms with Crippen LogP contribution in [0.15, 0.2) is 83.8 Å². The van der Waals surface area contributed by atoms with Gasteiger partial charge < -0.3 is 5.32 Å². The van der Waals surface area contributed by atoms with E-state index in [4.69, 9.17) is 0 Å². The molecular formula is C24H26N2O3S. The molecule has 0 aliphatic carbocycles. The highest BCUT2D eigenvalue weighted by Gasteiger charge is 2.17. The molecule has 0 aliphatic rings. The second-order valence-electron chi connectivity index (χ2n) is 7.40. The van der Waals surface area contributed by atoms with Crippen molar-refractivity contribution >= 4 is 21.6 Å². The Morgan fingerprint density at radius 3 is 2.40 bits per heavy atom. The largest absolute Gasteiger partial charge is 0.350 e. The molecule has 0 heterocycles. The fourth-order valence-corrected chi connectivity index (χ4v) is 4.23. The van der Waals surface area contributed by atoms with Gasteiger partial charge in [0.1, 0.15) is 0 Å². The predicted octanol–water partition coefficient (Wildman–Crippen LogP) is 4.55. The van der Waals surface area contributed by atoms with Gasteiger partial charge in [0.2, 0.25) is 0 Å². The molecule has 1 atom stereocenters. The van der Waals surface area contributed by atoms with E-state index < -0.39 is 10.0 Å². The van der Waals surface area contributed by atoms with Gasteiger partial charge in [-0.3, -0.25) is 9.52 Å². The number of amides is 1. The summed E-state index contributed by atoms with van der Waals surface area (Å²) in [5.41, 5.74) is 2.97. The molecule has 5 nitrogen and oxygen atoms in total. The van der Waals surface area contributed by atoms with E-state index in [1.807, 2.05) is 38.1 Å². The third kappa shape index (κ3) is 5.94. The number of hydrogen-bond donors (Lipinski definition) is 2. The summed E-state index contributed by atoms with van der Waals surface area (Å²) >= 11 is 0. The Bertz CT molecular complexity index is 1110. The first-order chi connectivity index (χ1) is 14.3. The second kappa shape index (κ2) is 9.59. The van der Waals surface area contributed by atoms with Gasteiger partial charge in [0.25, 0.3) is 15.9 Å². The van der Waals surface area contributed by atoms with Crippen molar-refractivity contribution in [2.45, 2.75) is 37.6 Å². The third-order valence-electron chi connectivity index (χ3n) is 4.76. The lowest BCUT2D eigenvalue weighted by Gasteiger charge is -2.15. The predicted molar refractivity (Wildman–Crippen MR) is 120 cm³/mol. The van der Waals surface area contributed by atoms with Gasteiger partial charge in [0.15, 0.2) is 0 Å². The summed E-state index contributed by atoms with van der Waals surface area (Å²) in [6.07, 6.45) is 1.65. The summed E-state index contributed by atoms with van der Waals surface area (Å²) in [5, 5.41) is 2.95. The number of carbonyl (C=O) groups is 1. The summed E-state index contributed by atoms with van der Waals surface area (Å²) in [4.78, 5) is 12.7. The summed E-state index contributed by atoms with van der Waals surface area (Å²) in [5.74, 6) is -0.289. The van der Waals surface area contributed by atoms with Gasteiger partial charge in [-0.15, -0.1) is 0 Å². The van der Waals surface area contributed by atoms with E-state index in [0.717, 1.165) is 18.4 Å². The van der Waals surface area contributed by atoms with Crippen molar-refractivity contribution in [2.24, 2.45) is 0 Å². The molecule has 1 amide bonds. The van der Waals surface area contributed by atoms with Gasteiger partial charge in [0, 0.05) is 17.3 Å². The van der Waals surface area contributed by atoms with Gasteiger partial charge in [-0.25, -0.2) is 8.42 Å². The molecule has 0 saturated heterocycles. The van der Waals surface area contributed by atoms with Crippen LogP contribution in [0.25, 0.3) is 0 Å². The van der Waals surface area contributed by atoms with E-state index in [1.165, 1.54) is 17.7 Å². The Labute approximate surface area is 178 Å². The van der Waals surface area contributed by atoms with E-state index >= 15 is 0 Å². The minimum Gasteiger partial charge on any atom is -0.350 e. The topological polar surface area (TPSA) is 75.3 Å². The molecule has 156 valence electrons. The number of hydrogen-bond acceptors (Lipinski definition) is 3. The minimum absolute atomic E-state index is 0.0385. The molecule has 2 N–H and O–H groups in total. The van der Waals surface area contributed by atoms with E-state index in [1.54, 1.807) is 30.3 Å². The molecule has 0 radical (unpaired) electrons. The van der Waals surface area contributed by atoms with Crippen LogP contribution in [0.3, 0.4) is 0 Å². The molecule has 0 fully saturated rings. The number of carbonyl (C=O) groups excluding carboxylic acids is 1. The third-order valence-corrected chi connectivity index (χ3v) is 6.14. The highest BCUT2D eigenvalue weighted by Crippen LogP contribution is 2.18. The molecule has 30 heavy (non-hydrogen) atoms. The van der Waals surface area contributed by atoms with Gasteiger partial charge in [-0.2, -0.15) is 0 Å². The molecule has 3 aromatic rings. The highest BCUT2D eigenvalue weighted by molar-refractivity contribution is 7.92. The molecule has 0 saturated carbocycles. The number of sulfonamides is 1. The van der Waals surface area contributed by atoms with E-state index in [2.05, 4.69) is 22.2 Å². The molecule has 0 unspecified atom stereocenters. The zero-order valence-corrected chi connectivity index (χ0v) is 17.9. The minimum atomic E-state index is -3.79. The standard InChI is InChI=1S/C24H26N2O3S/c1-18-8-6-12-22(16-18)26-30(28,29)23-13-7-11-21(17-23)24(27)25-19(2)14-15-20-9-4-3-5-10-20/h3-13,16-17,19,26H,14-15H2,1-2H3,(H,25,27)/t19-/m1/s1. The Morgan fingerprint density at radius 1 is 0.933 bits per heavy atom. The van der Waals surface area contributed by atoms with Gasteiger partial charge in [-0.1, -0.05) is 48.5 Å². The quantitative estimate of drug-likeness (QED) is 0.559. The van der Waals surface area contributed by atoms with Crippen LogP contribution >= 0.6 is 0 Å². The van der Waals surface area contributed by atoms with Crippen molar-refractivity contribution in [3.05, 3.63) is 95.6 Å². The van der Waals surface area contributed by atoms with E-state index in [9.17, 15) is 13.2 Å². The van der Waals surface area contributed by atoms with E-state index in [-0.39, 0.29) is 16.8 Å². The second-order valence-corrected chi connectivity index (χ2v) is 9.08. The highest BCUT2D eigenvalue weighted by atomic mass is 32.2. The zero-order valence-electron chi connectivity index (χ0n) is 17.1. The van der Waals surface area contributed by atoms with Crippen LogP contribution in [0.5, 0.6) is 0 Å². The van der Waals surface area contributed by atoms with Crippen molar-refractivity contribution in [3.63, 3.8) is 0 Å². The van der Waals surface area contributed by atoms with Gasteiger partial charge in [0.05, 0.1) is 4.90 Å². The number of aryl methyl sites for hydroxylation is 2. The summed E-state index contributed by atoms with van der Waals surface area (Å²) in [6, 6.07) is 23.2. The lowest BCUT2D eigenvalue weighted by Crippen LogP contribution is -2.33. The zero-order chi connectivity index (χ0) is 21.6. The first kappa shape index (κ1) is 21.6. The Balaban J connectivity index is 1.65. The van der Waals surface area contributed by atoms with Crippen molar-refractivity contribution in [1.29, 1.82) is 0 Å². The Hall–Kier alpha value is -3.12. The van der Waals surface area contributed by atoms with E-state index in [0.29, 0.717) is 11.3 Å².